The number of carboxylic acids is 1. The van der Waals surface area contributed by atoms with Crippen molar-refractivity contribution in [3.63, 3.8) is 0 Å². The van der Waals surface area contributed by atoms with E-state index in [1.54, 1.807) is 6.07 Å². The van der Waals surface area contributed by atoms with Gasteiger partial charge < -0.3 is 10.4 Å². The zero-order chi connectivity index (χ0) is 16.9. The van der Waals surface area contributed by atoms with Gasteiger partial charge in [0.2, 0.25) is 0 Å². The van der Waals surface area contributed by atoms with Crippen molar-refractivity contribution in [3.05, 3.63) is 58.9 Å². The highest BCUT2D eigenvalue weighted by molar-refractivity contribution is 6.29. The van der Waals surface area contributed by atoms with E-state index in [1.807, 2.05) is 6.07 Å². The van der Waals surface area contributed by atoms with Gasteiger partial charge in [-0.15, -0.1) is 0 Å². The molecule has 2 N–H and O–H groups in total. The molecule has 5 nitrogen and oxygen atoms in total. The van der Waals surface area contributed by atoms with Crippen LogP contribution in [0.15, 0.2) is 42.6 Å². The van der Waals surface area contributed by atoms with Crippen LogP contribution in [0.4, 0.5) is 5.69 Å². The van der Waals surface area contributed by atoms with Crippen LogP contribution in [0.2, 0.25) is 5.15 Å². The van der Waals surface area contributed by atoms with Crippen molar-refractivity contribution >= 4 is 23.3 Å². The second-order valence-electron chi connectivity index (χ2n) is 6.04. The second kappa shape index (κ2) is 7.64. The van der Waals surface area contributed by atoms with Crippen molar-refractivity contribution in [2.75, 3.05) is 18.4 Å². The summed E-state index contributed by atoms with van der Waals surface area (Å²) in [5, 5.41) is 12.9. The molecule has 0 unspecified atom stereocenters. The molecule has 1 aromatic heterocycles. The van der Waals surface area contributed by atoms with Crippen molar-refractivity contribution < 1.29 is 9.90 Å². The number of hydrogen-bond donors (Lipinski definition) is 2. The van der Waals surface area contributed by atoms with E-state index in [0.29, 0.717) is 10.8 Å². The Labute approximate surface area is 146 Å². The van der Waals surface area contributed by atoms with E-state index in [9.17, 15) is 9.90 Å². The fourth-order valence-electron chi connectivity index (χ4n) is 3.02. The second-order valence-corrected chi connectivity index (χ2v) is 6.43. The van der Waals surface area contributed by atoms with Gasteiger partial charge in [0, 0.05) is 31.9 Å². The topological polar surface area (TPSA) is 65.5 Å². The van der Waals surface area contributed by atoms with Gasteiger partial charge in [-0.25, -0.2) is 9.78 Å². The fraction of sp³-hybridized carbons (Fsp3) is 0.333. The predicted molar refractivity (Wildman–Crippen MR) is 94.6 cm³/mol. The Hall–Kier alpha value is -2.11. The number of benzene rings is 1. The van der Waals surface area contributed by atoms with Gasteiger partial charge >= 0.3 is 5.97 Å². The van der Waals surface area contributed by atoms with Gasteiger partial charge in [-0.1, -0.05) is 41.9 Å². The summed E-state index contributed by atoms with van der Waals surface area (Å²) in [5.41, 5.74) is 2.02. The van der Waals surface area contributed by atoms with Crippen LogP contribution in [0.25, 0.3) is 0 Å². The normalized spacial score (nSPS) is 16.0. The summed E-state index contributed by atoms with van der Waals surface area (Å²) in [6, 6.07) is 12.3. The monoisotopic (exact) mass is 345 g/mol. The van der Waals surface area contributed by atoms with Gasteiger partial charge in [-0.2, -0.15) is 0 Å². The van der Waals surface area contributed by atoms with Gasteiger partial charge in [0.15, 0.2) is 0 Å². The third-order valence-corrected chi connectivity index (χ3v) is 4.50. The van der Waals surface area contributed by atoms with E-state index in [-0.39, 0.29) is 11.6 Å². The third kappa shape index (κ3) is 4.24. The molecule has 6 heteroatoms. The fourth-order valence-corrected chi connectivity index (χ4v) is 3.17. The summed E-state index contributed by atoms with van der Waals surface area (Å²) >= 11 is 5.90. The molecular formula is C18H20ClN3O2. The molecule has 126 valence electrons. The summed E-state index contributed by atoms with van der Waals surface area (Å²) in [6.07, 6.45) is 3.23. The summed E-state index contributed by atoms with van der Waals surface area (Å²) in [4.78, 5) is 17.6. The van der Waals surface area contributed by atoms with E-state index in [1.165, 1.54) is 11.8 Å². The highest BCUT2D eigenvalue weighted by Gasteiger charge is 2.21. The summed E-state index contributed by atoms with van der Waals surface area (Å²) in [7, 11) is 0. The number of piperidine rings is 1. The maximum atomic E-state index is 11.3. The molecule has 1 aromatic carbocycles. The zero-order valence-electron chi connectivity index (χ0n) is 13.3. The molecule has 0 aliphatic carbocycles. The highest BCUT2D eigenvalue weighted by atomic mass is 35.5. The minimum absolute atomic E-state index is 0.158. The first-order valence-corrected chi connectivity index (χ1v) is 8.41. The smallest absolute Gasteiger partial charge is 0.339 e. The van der Waals surface area contributed by atoms with Crippen LogP contribution in [0.3, 0.4) is 0 Å². The average Bonchev–Trinajstić information content (AvgIpc) is 2.57. The van der Waals surface area contributed by atoms with Crippen molar-refractivity contribution in [1.29, 1.82) is 0 Å². The van der Waals surface area contributed by atoms with E-state index in [4.69, 9.17) is 11.6 Å². The zero-order valence-corrected chi connectivity index (χ0v) is 14.0. The summed E-state index contributed by atoms with van der Waals surface area (Å²) in [6.45, 7) is 2.91. The van der Waals surface area contributed by atoms with Crippen LogP contribution in [-0.4, -0.2) is 40.1 Å². The van der Waals surface area contributed by atoms with Crippen LogP contribution < -0.4 is 5.32 Å². The third-order valence-electron chi connectivity index (χ3n) is 4.30. The van der Waals surface area contributed by atoms with Crippen molar-refractivity contribution in [1.82, 2.24) is 9.88 Å². The van der Waals surface area contributed by atoms with E-state index in [2.05, 4.69) is 39.5 Å². The number of nitrogens with one attached hydrogen (secondary N) is 1. The Morgan fingerprint density at radius 3 is 2.67 bits per heavy atom. The van der Waals surface area contributed by atoms with Gasteiger partial charge in [0.05, 0.1) is 5.69 Å². The molecule has 2 aromatic rings. The number of likely N-dealkylation sites (tertiary alicyclic amines) is 1. The van der Waals surface area contributed by atoms with E-state index in [0.717, 1.165) is 32.5 Å². The Morgan fingerprint density at radius 2 is 2.00 bits per heavy atom. The summed E-state index contributed by atoms with van der Waals surface area (Å²) in [5.74, 6) is -0.997. The van der Waals surface area contributed by atoms with Gasteiger partial charge in [0.25, 0.3) is 0 Å². The van der Waals surface area contributed by atoms with E-state index < -0.39 is 5.97 Å². The molecule has 0 bridgehead atoms. The van der Waals surface area contributed by atoms with Crippen LogP contribution in [-0.2, 0) is 6.54 Å². The van der Waals surface area contributed by atoms with Crippen molar-refractivity contribution in [2.24, 2.45) is 0 Å². The number of aromatic carboxylic acids is 1. The number of carbonyl (C=O) groups is 1. The van der Waals surface area contributed by atoms with Crippen LogP contribution in [0, 0.1) is 0 Å². The Kier molecular flexibility index (Phi) is 5.33. The molecule has 0 radical (unpaired) electrons. The number of carboxylic acid groups (broad SMARTS) is 1. The Morgan fingerprint density at radius 1 is 1.29 bits per heavy atom. The molecule has 3 rings (SSSR count). The minimum atomic E-state index is -0.997. The first-order valence-electron chi connectivity index (χ1n) is 8.03. The van der Waals surface area contributed by atoms with Crippen molar-refractivity contribution in [3.8, 4) is 0 Å². The quantitative estimate of drug-likeness (QED) is 0.812. The summed E-state index contributed by atoms with van der Waals surface area (Å²) < 4.78 is 0. The highest BCUT2D eigenvalue weighted by Crippen LogP contribution is 2.23. The lowest BCUT2D eigenvalue weighted by Gasteiger charge is -2.33. The lowest BCUT2D eigenvalue weighted by Crippen LogP contribution is -2.38. The molecule has 1 aliphatic rings. The molecule has 2 heterocycles. The molecular weight excluding hydrogens is 326 g/mol. The first-order chi connectivity index (χ1) is 11.6. The van der Waals surface area contributed by atoms with E-state index >= 15 is 0 Å². The molecule has 24 heavy (non-hydrogen) atoms. The number of aromatic nitrogens is 1. The number of nitrogens with zero attached hydrogens (tertiary/aromatic N) is 2. The maximum Gasteiger partial charge on any atom is 0.339 e. The molecule has 1 aliphatic heterocycles. The maximum absolute atomic E-state index is 11.3. The van der Waals surface area contributed by atoms with Crippen LogP contribution in [0.1, 0.15) is 28.8 Å². The number of halogens is 1. The lowest BCUT2D eigenvalue weighted by molar-refractivity contribution is 0.0697. The molecule has 1 fully saturated rings. The SMILES string of the molecule is O=C(O)c1cnc(Cl)cc1NC1CCN(Cc2ccccc2)CC1. The number of hydrogen-bond acceptors (Lipinski definition) is 4. The number of pyridine rings is 1. The first kappa shape index (κ1) is 16.7. The standard InChI is InChI=1S/C18H20ClN3O2/c19-17-10-16(15(11-20-17)18(23)24)21-14-6-8-22(9-7-14)12-13-4-2-1-3-5-13/h1-5,10-11,14H,6-9,12H2,(H,20,21)(H,23,24). The van der Waals surface area contributed by atoms with Gasteiger partial charge in [0.1, 0.15) is 10.7 Å². The molecule has 0 amide bonds. The van der Waals surface area contributed by atoms with Crippen LogP contribution in [0.5, 0.6) is 0 Å². The number of anilines is 1. The largest absolute Gasteiger partial charge is 0.478 e. The Balaban J connectivity index is 1.58. The van der Waals surface area contributed by atoms with Gasteiger partial charge in [-0.3, -0.25) is 4.90 Å². The van der Waals surface area contributed by atoms with Gasteiger partial charge in [-0.05, 0) is 24.5 Å². The Bertz CT molecular complexity index is 701. The minimum Gasteiger partial charge on any atom is -0.478 e. The number of rotatable bonds is 5. The molecule has 1 saturated heterocycles. The molecule has 0 spiro atoms. The molecule has 0 atom stereocenters. The lowest BCUT2D eigenvalue weighted by atomic mass is 10.0. The van der Waals surface area contributed by atoms with Crippen molar-refractivity contribution in [2.45, 2.75) is 25.4 Å². The average molecular weight is 346 g/mol. The molecule has 0 saturated carbocycles. The predicted octanol–water partition coefficient (Wildman–Crippen LogP) is 3.51. The van der Waals surface area contributed by atoms with Crippen LogP contribution >= 0.6 is 11.6 Å².